The molecule has 0 bridgehead atoms. The van der Waals surface area contributed by atoms with Gasteiger partial charge in [0.25, 0.3) is 0 Å². The summed E-state index contributed by atoms with van der Waals surface area (Å²) in [5, 5.41) is 0. The second kappa shape index (κ2) is 5.57. The van der Waals surface area contributed by atoms with E-state index in [1.54, 1.807) is 6.20 Å². The molecular formula is C14H17N3. The van der Waals surface area contributed by atoms with Gasteiger partial charge >= 0.3 is 0 Å². The van der Waals surface area contributed by atoms with E-state index in [0.717, 1.165) is 12.0 Å². The number of hydrogen-bond acceptors (Lipinski definition) is 3. The van der Waals surface area contributed by atoms with Gasteiger partial charge in [0.15, 0.2) is 0 Å². The van der Waals surface area contributed by atoms with Crippen LogP contribution < -0.4 is 11.3 Å². The van der Waals surface area contributed by atoms with Crippen LogP contribution in [0.4, 0.5) is 0 Å². The first-order valence-electron chi connectivity index (χ1n) is 5.80. The second-order valence-electron chi connectivity index (χ2n) is 3.98. The van der Waals surface area contributed by atoms with Crippen molar-refractivity contribution in [1.82, 2.24) is 10.4 Å². The molecule has 1 heterocycles. The maximum absolute atomic E-state index is 5.65. The van der Waals surface area contributed by atoms with E-state index in [9.17, 15) is 0 Å². The standard InChI is InChI=1S/C14H17N3/c1-2-11-5-3-6-12(9-11)14(17-15)13-7-4-8-16-10-13/h3-10,14,17H,2,15H2,1H3. The Labute approximate surface area is 102 Å². The van der Waals surface area contributed by atoms with Crippen LogP contribution in [-0.4, -0.2) is 4.98 Å². The number of hydrogen-bond donors (Lipinski definition) is 2. The molecule has 3 nitrogen and oxygen atoms in total. The lowest BCUT2D eigenvalue weighted by molar-refractivity contribution is 0.634. The number of nitrogens with zero attached hydrogens (tertiary/aromatic N) is 1. The normalized spacial score (nSPS) is 12.4. The summed E-state index contributed by atoms with van der Waals surface area (Å²) in [4.78, 5) is 4.13. The van der Waals surface area contributed by atoms with E-state index in [-0.39, 0.29) is 6.04 Å². The third-order valence-corrected chi connectivity index (χ3v) is 2.88. The average Bonchev–Trinajstić information content (AvgIpc) is 2.41. The van der Waals surface area contributed by atoms with Crippen LogP contribution in [0.25, 0.3) is 0 Å². The van der Waals surface area contributed by atoms with Crippen molar-refractivity contribution in [3.05, 3.63) is 65.5 Å². The highest BCUT2D eigenvalue weighted by atomic mass is 15.2. The predicted molar refractivity (Wildman–Crippen MR) is 69.2 cm³/mol. The van der Waals surface area contributed by atoms with Crippen LogP contribution in [0.15, 0.2) is 48.8 Å². The maximum atomic E-state index is 5.65. The van der Waals surface area contributed by atoms with Crippen LogP contribution in [0.1, 0.15) is 29.7 Å². The van der Waals surface area contributed by atoms with Gasteiger partial charge in [-0.2, -0.15) is 0 Å². The number of hydrazine groups is 1. The molecule has 0 amide bonds. The highest BCUT2D eigenvalue weighted by Crippen LogP contribution is 2.21. The van der Waals surface area contributed by atoms with Gasteiger partial charge in [-0.1, -0.05) is 37.3 Å². The van der Waals surface area contributed by atoms with Crippen LogP contribution in [0.5, 0.6) is 0 Å². The molecule has 0 aliphatic heterocycles. The minimum absolute atomic E-state index is 0.00444. The van der Waals surface area contributed by atoms with Gasteiger partial charge in [0.05, 0.1) is 6.04 Å². The average molecular weight is 227 g/mol. The van der Waals surface area contributed by atoms with E-state index in [1.807, 2.05) is 18.3 Å². The predicted octanol–water partition coefficient (Wildman–Crippen LogP) is 2.20. The molecular weight excluding hydrogens is 210 g/mol. The Morgan fingerprint density at radius 2 is 2.06 bits per heavy atom. The summed E-state index contributed by atoms with van der Waals surface area (Å²) in [5.41, 5.74) is 6.40. The molecule has 3 heteroatoms. The third-order valence-electron chi connectivity index (χ3n) is 2.88. The number of pyridine rings is 1. The van der Waals surface area contributed by atoms with Crippen LogP contribution in [0.3, 0.4) is 0 Å². The van der Waals surface area contributed by atoms with Crippen molar-refractivity contribution < 1.29 is 0 Å². The summed E-state index contributed by atoms with van der Waals surface area (Å²) < 4.78 is 0. The van der Waals surface area contributed by atoms with Gasteiger partial charge in [0.1, 0.15) is 0 Å². The van der Waals surface area contributed by atoms with Crippen LogP contribution in [0.2, 0.25) is 0 Å². The molecule has 0 aliphatic carbocycles. The summed E-state index contributed by atoms with van der Waals surface area (Å²) >= 11 is 0. The second-order valence-corrected chi connectivity index (χ2v) is 3.98. The molecule has 1 unspecified atom stereocenters. The van der Waals surface area contributed by atoms with Gasteiger partial charge < -0.3 is 0 Å². The van der Waals surface area contributed by atoms with E-state index in [4.69, 9.17) is 5.84 Å². The maximum Gasteiger partial charge on any atom is 0.0725 e. The summed E-state index contributed by atoms with van der Waals surface area (Å²) in [5.74, 6) is 5.65. The van der Waals surface area contributed by atoms with Gasteiger partial charge in [-0.3, -0.25) is 10.8 Å². The summed E-state index contributed by atoms with van der Waals surface area (Å²) in [7, 11) is 0. The Hall–Kier alpha value is -1.71. The Bertz CT molecular complexity index is 468. The van der Waals surface area contributed by atoms with E-state index in [2.05, 4.69) is 41.6 Å². The Kier molecular flexibility index (Phi) is 3.85. The molecule has 0 aliphatic rings. The lowest BCUT2D eigenvalue weighted by Gasteiger charge is -2.17. The van der Waals surface area contributed by atoms with E-state index >= 15 is 0 Å². The lowest BCUT2D eigenvalue weighted by atomic mass is 9.98. The number of nitrogens with two attached hydrogens (primary N) is 1. The van der Waals surface area contributed by atoms with E-state index in [0.29, 0.717) is 0 Å². The van der Waals surface area contributed by atoms with Gasteiger partial charge in [-0.05, 0) is 29.2 Å². The van der Waals surface area contributed by atoms with Crippen molar-refractivity contribution in [2.24, 2.45) is 5.84 Å². The number of aryl methyl sites for hydroxylation is 1. The Morgan fingerprint density at radius 1 is 1.24 bits per heavy atom. The summed E-state index contributed by atoms with van der Waals surface area (Å²) in [6.45, 7) is 2.15. The van der Waals surface area contributed by atoms with Crippen LogP contribution in [0, 0.1) is 0 Å². The molecule has 3 N–H and O–H groups in total. The van der Waals surface area contributed by atoms with Crippen molar-refractivity contribution in [2.75, 3.05) is 0 Å². The van der Waals surface area contributed by atoms with Gasteiger partial charge in [-0.25, -0.2) is 5.43 Å². The van der Waals surface area contributed by atoms with Crippen LogP contribution >= 0.6 is 0 Å². The van der Waals surface area contributed by atoms with Crippen LogP contribution in [-0.2, 0) is 6.42 Å². The quantitative estimate of drug-likeness (QED) is 0.622. The van der Waals surface area contributed by atoms with Crippen molar-refractivity contribution in [2.45, 2.75) is 19.4 Å². The Morgan fingerprint density at radius 3 is 2.71 bits per heavy atom. The fourth-order valence-electron chi connectivity index (χ4n) is 1.92. The zero-order chi connectivity index (χ0) is 12.1. The molecule has 0 spiro atoms. The largest absolute Gasteiger partial charge is 0.271 e. The monoisotopic (exact) mass is 227 g/mol. The molecule has 2 aromatic rings. The SMILES string of the molecule is CCc1cccc(C(NN)c2cccnc2)c1. The molecule has 0 fully saturated rings. The Balaban J connectivity index is 2.35. The summed E-state index contributed by atoms with van der Waals surface area (Å²) in [6.07, 6.45) is 4.63. The van der Waals surface area contributed by atoms with Gasteiger partial charge in [0, 0.05) is 12.4 Å². The molecule has 17 heavy (non-hydrogen) atoms. The first kappa shape index (κ1) is 11.8. The highest BCUT2D eigenvalue weighted by molar-refractivity contribution is 5.32. The van der Waals surface area contributed by atoms with Crippen molar-refractivity contribution in [3.63, 3.8) is 0 Å². The van der Waals surface area contributed by atoms with Gasteiger partial charge in [-0.15, -0.1) is 0 Å². The number of benzene rings is 1. The first-order chi connectivity index (χ1) is 8.35. The molecule has 1 atom stereocenters. The molecule has 1 aromatic heterocycles. The fourth-order valence-corrected chi connectivity index (χ4v) is 1.92. The topological polar surface area (TPSA) is 50.9 Å². The minimum atomic E-state index is -0.00444. The lowest BCUT2D eigenvalue weighted by Crippen LogP contribution is -2.28. The molecule has 0 radical (unpaired) electrons. The highest BCUT2D eigenvalue weighted by Gasteiger charge is 2.12. The number of nitrogens with one attached hydrogen (secondary N) is 1. The minimum Gasteiger partial charge on any atom is -0.271 e. The smallest absolute Gasteiger partial charge is 0.0725 e. The first-order valence-corrected chi connectivity index (χ1v) is 5.80. The van der Waals surface area contributed by atoms with E-state index < -0.39 is 0 Å². The summed E-state index contributed by atoms with van der Waals surface area (Å²) in [6, 6.07) is 12.4. The van der Waals surface area contributed by atoms with Crippen molar-refractivity contribution in [1.29, 1.82) is 0 Å². The molecule has 0 saturated carbocycles. The van der Waals surface area contributed by atoms with Crippen molar-refractivity contribution >= 4 is 0 Å². The molecule has 88 valence electrons. The zero-order valence-electron chi connectivity index (χ0n) is 9.93. The molecule has 0 saturated heterocycles. The molecule has 1 aromatic carbocycles. The van der Waals surface area contributed by atoms with E-state index in [1.165, 1.54) is 11.1 Å². The van der Waals surface area contributed by atoms with Gasteiger partial charge in [0.2, 0.25) is 0 Å². The third kappa shape index (κ3) is 2.70. The molecule has 2 rings (SSSR count). The number of rotatable bonds is 4. The number of aromatic nitrogens is 1. The zero-order valence-corrected chi connectivity index (χ0v) is 9.93. The van der Waals surface area contributed by atoms with Crippen molar-refractivity contribution in [3.8, 4) is 0 Å². The fraction of sp³-hybridized carbons (Fsp3) is 0.214.